The summed E-state index contributed by atoms with van der Waals surface area (Å²) in [6, 6.07) is 15.8. The van der Waals surface area contributed by atoms with Crippen LogP contribution >= 0.6 is 0 Å². The summed E-state index contributed by atoms with van der Waals surface area (Å²) < 4.78 is 15.9. The highest BCUT2D eigenvalue weighted by atomic mass is 16.5. The molecule has 1 saturated heterocycles. The van der Waals surface area contributed by atoms with Gasteiger partial charge in [0.2, 0.25) is 0 Å². The van der Waals surface area contributed by atoms with Crippen LogP contribution in [0.15, 0.2) is 76.9 Å². The van der Waals surface area contributed by atoms with Crippen LogP contribution in [0.3, 0.4) is 0 Å². The highest BCUT2D eigenvalue weighted by Gasteiger charge is 2.48. The Morgan fingerprint density at radius 2 is 1.70 bits per heavy atom. The fraction of sp³-hybridized carbons (Fsp3) is 0.130. The molecule has 3 aromatic rings. The second-order valence-corrected chi connectivity index (χ2v) is 6.61. The minimum atomic E-state index is -0.917. The molecule has 1 aliphatic rings. The van der Waals surface area contributed by atoms with E-state index < -0.39 is 17.7 Å². The number of ketones is 1. The Morgan fingerprint density at radius 1 is 0.967 bits per heavy atom. The number of anilines is 1. The van der Waals surface area contributed by atoms with Gasteiger partial charge in [-0.25, -0.2) is 0 Å². The molecule has 7 nitrogen and oxygen atoms in total. The number of rotatable bonds is 5. The number of aliphatic hydroxyl groups is 1. The molecule has 2 aromatic carbocycles. The van der Waals surface area contributed by atoms with Crippen molar-refractivity contribution in [3.8, 4) is 11.5 Å². The Hall–Kier alpha value is -4.00. The molecule has 0 saturated carbocycles. The van der Waals surface area contributed by atoms with E-state index >= 15 is 0 Å². The van der Waals surface area contributed by atoms with E-state index in [1.807, 2.05) is 0 Å². The van der Waals surface area contributed by atoms with E-state index in [1.165, 1.54) is 25.4 Å². The van der Waals surface area contributed by atoms with Crippen molar-refractivity contribution in [2.45, 2.75) is 6.04 Å². The SMILES string of the molecule is COc1ccc(N2C(=O)C(=O)/C(=C(\O)c3cccc(OC)c3)C2c2ccco2)cc1. The van der Waals surface area contributed by atoms with Gasteiger partial charge >= 0.3 is 0 Å². The molecule has 1 N–H and O–H groups in total. The first-order valence-corrected chi connectivity index (χ1v) is 9.18. The van der Waals surface area contributed by atoms with E-state index in [9.17, 15) is 14.7 Å². The van der Waals surface area contributed by atoms with Gasteiger partial charge in [0.25, 0.3) is 11.7 Å². The monoisotopic (exact) mass is 405 g/mol. The van der Waals surface area contributed by atoms with Crippen molar-refractivity contribution < 1.29 is 28.6 Å². The first-order chi connectivity index (χ1) is 14.5. The van der Waals surface area contributed by atoms with E-state index in [4.69, 9.17) is 13.9 Å². The quantitative estimate of drug-likeness (QED) is 0.393. The molecule has 7 heteroatoms. The second kappa shape index (κ2) is 7.79. The summed E-state index contributed by atoms with van der Waals surface area (Å²) in [4.78, 5) is 27.3. The lowest BCUT2D eigenvalue weighted by atomic mass is 9.99. The van der Waals surface area contributed by atoms with Gasteiger partial charge in [0.15, 0.2) is 0 Å². The van der Waals surface area contributed by atoms with Crippen molar-refractivity contribution in [2.75, 3.05) is 19.1 Å². The minimum Gasteiger partial charge on any atom is -0.507 e. The molecule has 30 heavy (non-hydrogen) atoms. The van der Waals surface area contributed by atoms with Gasteiger partial charge in [-0.2, -0.15) is 0 Å². The van der Waals surface area contributed by atoms with Crippen molar-refractivity contribution >= 4 is 23.1 Å². The van der Waals surface area contributed by atoms with Crippen molar-refractivity contribution in [3.05, 3.63) is 83.8 Å². The number of methoxy groups -OCH3 is 2. The fourth-order valence-corrected chi connectivity index (χ4v) is 3.48. The molecule has 0 aliphatic carbocycles. The lowest BCUT2D eigenvalue weighted by Crippen LogP contribution is -2.29. The fourth-order valence-electron chi connectivity index (χ4n) is 3.48. The number of amides is 1. The van der Waals surface area contributed by atoms with E-state index in [1.54, 1.807) is 60.7 Å². The standard InChI is InChI=1S/C23H19NO6/c1-28-16-10-8-15(9-11-16)24-20(18-7-4-12-30-18)19(22(26)23(24)27)21(25)14-5-3-6-17(13-14)29-2/h3-13,20,25H,1-2H3/b21-19-. The highest BCUT2D eigenvalue weighted by Crippen LogP contribution is 2.42. The predicted molar refractivity (Wildman–Crippen MR) is 109 cm³/mol. The van der Waals surface area contributed by atoms with E-state index in [-0.39, 0.29) is 11.3 Å². The summed E-state index contributed by atoms with van der Waals surface area (Å²) >= 11 is 0. The minimum absolute atomic E-state index is 0.0565. The lowest BCUT2D eigenvalue weighted by Gasteiger charge is -2.23. The third-order valence-corrected chi connectivity index (χ3v) is 4.95. The van der Waals surface area contributed by atoms with Crippen molar-refractivity contribution in [3.63, 3.8) is 0 Å². The lowest BCUT2D eigenvalue weighted by molar-refractivity contribution is -0.132. The molecule has 1 fully saturated rings. The number of hydrogen-bond acceptors (Lipinski definition) is 6. The first-order valence-electron chi connectivity index (χ1n) is 9.18. The number of ether oxygens (including phenoxy) is 2. The number of carbonyl (C=O) groups is 2. The van der Waals surface area contributed by atoms with Crippen molar-refractivity contribution in [1.29, 1.82) is 0 Å². The number of nitrogens with zero attached hydrogens (tertiary/aromatic N) is 1. The van der Waals surface area contributed by atoms with Crippen LogP contribution in [0.5, 0.6) is 11.5 Å². The third-order valence-electron chi connectivity index (χ3n) is 4.95. The Labute approximate surface area is 172 Å². The van der Waals surface area contributed by atoms with Gasteiger partial charge in [-0.3, -0.25) is 14.5 Å². The summed E-state index contributed by atoms with van der Waals surface area (Å²) in [6.07, 6.45) is 1.45. The maximum Gasteiger partial charge on any atom is 0.300 e. The van der Waals surface area contributed by atoms with Crippen LogP contribution in [-0.2, 0) is 9.59 Å². The number of carbonyl (C=O) groups excluding carboxylic acids is 2. The maximum atomic E-state index is 13.0. The molecule has 152 valence electrons. The number of hydrogen-bond donors (Lipinski definition) is 1. The first kappa shape index (κ1) is 19.3. The van der Waals surface area contributed by atoms with E-state index in [0.29, 0.717) is 28.5 Å². The van der Waals surface area contributed by atoms with Crippen LogP contribution in [0, 0.1) is 0 Å². The second-order valence-electron chi connectivity index (χ2n) is 6.61. The van der Waals surface area contributed by atoms with Crippen LogP contribution < -0.4 is 14.4 Å². The molecule has 2 heterocycles. The van der Waals surface area contributed by atoms with Crippen molar-refractivity contribution in [2.24, 2.45) is 0 Å². The summed E-state index contributed by atoms with van der Waals surface area (Å²) in [5, 5.41) is 11.0. The maximum absolute atomic E-state index is 13.0. The number of furan rings is 1. The van der Waals surface area contributed by atoms with E-state index in [0.717, 1.165) is 0 Å². The topological polar surface area (TPSA) is 89.2 Å². The van der Waals surface area contributed by atoms with Gasteiger partial charge in [-0.15, -0.1) is 0 Å². The van der Waals surface area contributed by atoms with Gasteiger partial charge in [-0.05, 0) is 48.5 Å². The average molecular weight is 405 g/mol. The molecular formula is C23H19NO6. The number of benzene rings is 2. The summed E-state index contributed by atoms with van der Waals surface area (Å²) in [5.74, 6) is -0.378. The van der Waals surface area contributed by atoms with Gasteiger partial charge in [0.05, 0.1) is 26.1 Å². The van der Waals surface area contributed by atoms with Crippen molar-refractivity contribution in [1.82, 2.24) is 0 Å². The Balaban J connectivity index is 1.89. The molecule has 1 aromatic heterocycles. The largest absolute Gasteiger partial charge is 0.507 e. The third kappa shape index (κ3) is 3.20. The van der Waals surface area contributed by atoms with Crippen LogP contribution in [0.25, 0.3) is 5.76 Å². The molecular weight excluding hydrogens is 386 g/mol. The zero-order valence-electron chi connectivity index (χ0n) is 16.4. The molecule has 1 amide bonds. The molecule has 0 spiro atoms. The summed E-state index contributed by atoms with van der Waals surface area (Å²) in [5.41, 5.74) is 0.779. The number of aliphatic hydroxyl groups excluding tert-OH is 1. The van der Waals surface area contributed by atoms with Crippen LogP contribution in [0.4, 0.5) is 5.69 Å². The van der Waals surface area contributed by atoms with E-state index in [2.05, 4.69) is 0 Å². The van der Waals surface area contributed by atoms with Gasteiger partial charge in [0, 0.05) is 11.3 Å². The zero-order chi connectivity index (χ0) is 21.3. The van der Waals surface area contributed by atoms with Crippen LogP contribution in [0.2, 0.25) is 0 Å². The normalized spacial score (nSPS) is 17.9. The molecule has 4 rings (SSSR count). The molecule has 1 aliphatic heterocycles. The Kier molecular flexibility index (Phi) is 5.02. The van der Waals surface area contributed by atoms with Crippen LogP contribution in [0.1, 0.15) is 17.4 Å². The molecule has 0 radical (unpaired) electrons. The van der Waals surface area contributed by atoms with Gasteiger partial charge in [0.1, 0.15) is 29.1 Å². The average Bonchev–Trinajstić information content (AvgIpc) is 3.40. The Bertz CT molecular complexity index is 1110. The van der Waals surface area contributed by atoms with Gasteiger partial charge in [-0.1, -0.05) is 12.1 Å². The summed E-state index contributed by atoms with van der Waals surface area (Å²) in [6.45, 7) is 0. The number of Topliss-reactive ketones (excluding diaryl/α,β-unsaturated/α-hetero) is 1. The van der Waals surface area contributed by atoms with Gasteiger partial charge < -0.3 is 19.0 Å². The zero-order valence-corrected chi connectivity index (χ0v) is 16.4. The predicted octanol–water partition coefficient (Wildman–Crippen LogP) is 3.92. The van der Waals surface area contributed by atoms with Crippen LogP contribution in [-0.4, -0.2) is 31.0 Å². The molecule has 1 atom stereocenters. The molecule has 1 unspecified atom stereocenters. The molecule has 0 bridgehead atoms. The Morgan fingerprint density at radius 3 is 2.33 bits per heavy atom. The highest BCUT2D eigenvalue weighted by molar-refractivity contribution is 6.51. The smallest absolute Gasteiger partial charge is 0.300 e. The summed E-state index contributed by atoms with van der Waals surface area (Å²) in [7, 11) is 3.04.